The van der Waals surface area contributed by atoms with Gasteiger partial charge in [-0.25, -0.2) is 0 Å². The summed E-state index contributed by atoms with van der Waals surface area (Å²) in [6.45, 7) is 7.73. The first-order chi connectivity index (χ1) is 19.5. The summed E-state index contributed by atoms with van der Waals surface area (Å²) in [6, 6.07) is 43.4. The first kappa shape index (κ1) is 27.9. The van der Waals surface area contributed by atoms with Crippen LogP contribution in [0.25, 0.3) is 0 Å². The maximum absolute atomic E-state index is 2.66. The lowest BCUT2D eigenvalue weighted by Crippen LogP contribution is -2.57. The SMILES string of the molecule is CC(C)C12CCC(C)(CC1)C(Cc1ccccc1Pc1ccccc1)C2CP(c1ccccc1)c1ccccc1. The molecule has 206 valence electrons. The zero-order valence-electron chi connectivity index (χ0n) is 24.4. The zero-order valence-corrected chi connectivity index (χ0v) is 26.3. The number of fused-ring (bicyclic) bond motifs is 3. The lowest BCUT2D eigenvalue weighted by atomic mass is 9.42. The highest BCUT2D eigenvalue weighted by Gasteiger charge is 2.59. The Morgan fingerprint density at radius 2 is 1.20 bits per heavy atom. The Balaban J connectivity index is 1.40. The van der Waals surface area contributed by atoms with Crippen LogP contribution in [0.15, 0.2) is 115 Å². The van der Waals surface area contributed by atoms with Gasteiger partial charge in [0.25, 0.3) is 0 Å². The Morgan fingerprint density at radius 3 is 1.77 bits per heavy atom. The normalized spacial score (nSPS) is 26.2. The fourth-order valence-electron chi connectivity index (χ4n) is 8.12. The first-order valence-electron chi connectivity index (χ1n) is 15.3. The van der Waals surface area contributed by atoms with Crippen molar-refractivity contribution < 1.29 is 0 Å². The van der Waals surface area contributed by atoms with Gasteiger partial charge in [0.2, 0.25) is 0 Å². The second kappa shape index (κ2) is 11.9. The lowest BCUT2D eigenvalue weighted by Gasteiger charge is -2.64. The van der Waals surface area contributed by atoms with Crippen molar-refractivity contribution in [3.63, 3.8) is 0 Å². The monoisotopic (exact) mass is 562 g/mol. The molecule has 0 nitrogen and oxygen atoms in total. The molecule has 4 aromatic carbocycles. The summed E-state index contributed by atoms with van der Waals surface area (Å²) in [5.41, 5.74) is 2.47. The van der Waals surface area contributed by atoms with Crippen molar-refractivity contribution in [3.8, 4) is 0 Å². The van der Waals surface area contributed by atoms with Gasteiger partial charge in [0.15, 0.2) is 0 Å². The lowest BCUT2D eigenvalue weighted by molar-refractivity contribution is -0.126. The van der Waals surface area contributed by atoms with E-state index in [0.29, 0.717) is 10.8 Å². The fourth-order valence-corrected chi connectivity index (χ4v) is 12.1. The molecule has 0 aliphatic heterocycles. The van der Waals surface area contributed by atoms with Gasteiger partial charge in [-0.15, -0.1) is 0 Å². The van der Waals surface area contributed by atoms with E-state index >= 15 is 0 Å². The van der Waals surface area contributed by atoms with Crippen molar-refractivity contribution in [1.29, 1.82) is 0 Å². The highest BCUT2D eigenvalue weighted by molar-refractivity contribution is 7.73. The van der Waals surface area contributed by atoms with Crippen molar-refractivity contribution in [1.82, 2.24) is 0 Å². The summed E-state index contributed by atoms with van der Waals surface area (Å²) in [4.78, 5) is 0. The molecule has 7 rings (SSSR count). The summed E-state index contributed by atoms with van der Waals surface area (Å²) >= 11 is 0. The minimum atomic E-state index is -0.411. The molecule has 3 aliphatic rings. The van der Waals surface area contributed by atoms with Crippen LogP contribution in [0.1, 0.15) is 52.0 Å². The molecule has 3 saturated carbocycles. The minimum absolute atomic E-state index is 0.411. The van der Waals surface area contributed by atoms with E-state index in [-0.39, 0.29) is 0 Å². The molecule has 2 heteroatoms. The van der Waals surface area contributed by atoms with E-state index in [9.17, 15) is 0 Å². The van der Waals surface area contributed by atoms with Crippen molar-refractivity contribution in [3.05, 3.63) is 121 Å². The van der Waals surface area contributed by atoms with Gasteiger partial charge >= 0.3 is 0 Å². The third kappa shape index (κ3) is 5.48. The van der Waals surface area contributed by atoms with Crippen molar-refractivity contribution >= 4 is 37.7 Å². The van der Waals surface area contributed by atoms with Crippen molar-refractivity contribution in [2.75, 3.05) is 6.16 Å². The molecule has 0 N–H and O–H groups in total. The standard InChI is InChI=1S/C38H44P2/c1-29(2)38-25-23-37(3,24-26-38)34(27-30-15-13-14-22-36(30)39-31-16-7-4-8-17-31)35(38)28-40(32-18-9-5-10-19-32)33-20-11-6-12-21-33/h4-22,29,34-35,39H,23-28H2,1-3H3. The molecular formula is C38H44P2. The predicted octanol–water partition coefficient (Wildman–Crippen LogP) is 8.46. The quantitative estimate of drug-likeness (QED) is 0.180. The number of rotatable bonds is 9. The minimum Gasteiger partial charge on any atom is -0.0622 e. The highest BCUT2D eigenvalue weighted by atomic mass is 31.1. The average molecular weight is 563 g/mol. The molecule has 3 atom stereocenters. The highest BCUT2D eigenvalue weighted by Crippen LogP contribution is 2.67. The van der Waals surface area contributed by atoms with E-state index in [1.807, 2.05) is 0 Å². The molecule has 4 aromatic rings. The second-order valence-electron chi connectivity index (χ2n) is 12.9. The van der Waals surface area contributed by atoms with Crippen LogP contribution in [0.2, 0.25) is 0 Å². The molecule has 0 aromatic heterocycles. The summed E-state index contributed by atoms with van der Waals surface area (Å²) in [7, 11) is 0.314. The Bertz CT molecular complexity index is 1330. The topological polar surface area (TPSA) is 0 Å². The van der Waals surface area contributed by atoms with Crippen LogP contribution in [-0.4, -0.2) is 6.16 Å². The second-order valence-corrected chi connectivity index (χ2v) is 16.5. The van der Waals surface area contributed by atoms with Crippen LogP contribution in [0.3, 0.4) is 0 Å². The van der Waals surface area contributed by atoms with Gasteiger partial charge in [0.1, 0.15) is 0 Å². The third-order valence-corrected chi connectivity index (χ3v) is 14.6. The third-order valence-electron chi connectivity index (χ3n) is 10.6. The fraction of sp³-hybridized carbons (Fsp3) is 0.368. The molecule has 40 heavy (non-hydrogen) atoms. The number of hydrogen-bond acceptors (Lipinski definition) is 0. The maximum atomic E-state index is 2.66. The van der Waals surface area contributed by atoms with Gasteiger partial charge in [0, 0.05) is 0 Å². The van der Waals surface area contributed by atoms with Gasteiger partial charge in [-0.05, 0) is 102 Å². The van der Waals surface area contributed by atoms with Gasteiger partial charge in [-0.1, -0.05) is 145 Å². The number of benzene rings is 4. The Labute approximate surface area is 245 Å². The molecule has 2 bridgehead atoms. The van der Waals surface area contributed by atoms with Crippen LogP contribution in [0, 0.1) is 28.6 Å². The Morgan fingerprint density at radius 1 is 0.675 bits per heavy atom. The van der Waals surface area contributed by atoms with Crippen LogP contribution in [0.4, 0.5) is 0 Å². The molecule has 0 spiro atoms. The first-order valence-corrected chi connectivity index (χ1v) is 17.8. The Hall–Kier alpha value is -2.26. The van der Waals surface area contributed by atoms with Crippen LogP contribution in [0.5, 0.6) is 0 Å². The largest absolute Gasteiger partial charge is 0.0622 e. The van der Waals surface area contributed by atoms with E-state index in [1.165, 1.54) is 43.6 Å². The van der Waals surface area contributed by atoms with Crippen LogP contribution in [-0.2, 0) is 6.42 Å². The molecule has 3 aliphatic carbocycles. The van der Waals surface area contributed by atoms with Crippen LogP contribution < -0.4 is 21.2 Å². The molecular weight excluding hydrogens is 518 g/mol. The predicted molar refractivity (Wildman–Crippen MR) is 179 cm³/mol. The van der Waals surface area contributed by atoms with E-state index in [1.54, 1.807) is 21.5 Å². The number of hydrogen-bond donors (Lipinski definition) is 0. The van der Waals surface area contributed by atoms with E-state index in [2.05, 4.69) is 136 Å². The molecule has 0 amide bonds. The van der Waals surface area contributed by atoms with Gasteiger partial charge < -0.3 is 0 Å². The summed E-state index contributed by atoms with van der Waals surface area (Å²) in [6.07, 6.45) is 8.13. The van der Waals surface area contributed by atoms with Crippen LogP contribution >= 0.6 is 16.5 Å². The van der Waals surface area contributed by atoms with Gasteiger partial charge in [-0.3, -0.25) is 0 Å². The Kier molecular flexibility index (Phi) is 8.31. The maximum Gasteiger partial charge on any atom is -0.0194 e. The molecule has 0 heterocycles. The summed E-state index contributed by atoms with van der Waals surface area (Å²) in [5.74, 6) is 2.17. The summed E-state index contributed by atoms with van der Waals surface area (Å²) in [5, 5.41) is 6.07. The van der Waals surface area contributed by atoms with Gasteiger partial charge in [0.05, 0.1) is 0 Å². The zero-order chi connectivity index (χ0) is 27.6. The molecule has 3 unspecified atom stereocenters. The molecule has 0 radical (unpaired) electrons. The van der Waals surface area contributed by atoms with E-state index < -0.39 is 7.92 Å². The molecule has 3 fully saturated rings. The summed E-state index contributed by atoms with van der Waals surface area (Å²) < 4.78 is 0. The average Bonchev–Trinajstić information content (AvgIpc) is 2.99. The van der Waals surface area contributed by atoms with Crippen molar-refractivity contribution in [2.45, 2.75) is 52.9 Å². The molecule has 0 saturated heterocycles. The van der Waals surface area contributed by atoms with Gasteiger partial charge in [-0.2, -0.15) is 0 Å². The smallest absolute Gasteiger partial charge is 0.0194 e. The van der Waals surface area contributed by atoms with Crippen molar-refractivity contribution in [2.24, 2.45) is 28.6 Å². The van der Waals surface area contributed by atoms with E-state index in [4.69, 9.17) is 0 Å². The van der Waals surface area contributed by atoms with E-state index in [0.717, 1.165) is 26.3 Å².